The quantitative estimate of drug-likeness (QED) is 0.744. The highest BCUT2D eigenvalue weighted by atomic mass is 28.2. The highest BCUT2D eigenvalue weighted by Gasteiger charge is 2.19. The minimum absolute atomic E-state index is 0.813. The zero-order chi connectivity index (χ0) is 12.1. The van der Waals surface area contributed by atoms with Gasteiger partial charge in [-0.2, -0.15) is 0 Å². The summed E-state index contributed by atoms with van der Waals surface area (Å²) in [5, 5.41) is 0. The first-order valence-corrected chi connectivity index (χ1v) is 7.78. The average Bonchev–Trinajstić information content (AvgIpc) is 2.40. The zero-order valence-corrected chi connectivity index (χ0v) is 13.2. The monoisotopic (exact) mass is 248 g/mol. The van der Waals surface area contributed by atoms with Crippen LogP contribution in [-0.2, 0) is 17.5 Å². The van der Waals surface area contributed by atoms with Gasteiger partial charge in [-0.25, -0.2) is 0 Å². The van der Waals surface area contributed by atoms with Crippen LogP contribution in [0, 0.1) is 0 Å². The van der Waals surface area contributed by atoms with Gasteiger partial charge in [0.25, 0.3) is 0 Å². The second kappa shape index (κ2) is 6.36. The Balaban J connectivity index is 2.28. The Morgan fingerprint density at radius 2 is 2.00 bits per heavy atom. The molecule has 0 bridgehead atoms. The van der Waals surface area contributed by atoms with Gasteiger partial charge in [-0.15, -0.1) is 0 Å². The van der Waals surface area contributed by atoms with Crippen molar-refractivity contribution in [2.45, 2.75) is 58.0 Å². The van der Waals surface area contributed by atoms with Gasteiger partial charge in [0.2, 0.25) is 0 Å². The van der Waals surface area contributed by atoms with Crippen LogP contribution in [0.15, 0.2) is 18.2 Å². The van der Waals surface area contributed by atoms with Gasteiger partial charge in [-0.1, -0.05) is 44.4 Å². The van der Waals surface area contributed by atoms with Gasteiger partial charge in [0.15, 0.2) is 0 Å². The molecule has 1 aliphatic carbocycles. The Labute approximate surface area is 108 Å². The van der Waals surface area contributed by atoms with Crippen molar-refractivity contribution in [1.82, 2.24) is 0 Å². The predicted molar refractivity (Wildman–Crippen MR) is 76.4 cm³/mol. The summed E-state index contributed by atoms with van der Waals surface area (Å²) in [6, 6.07) is 6.81. The van der Waals surface area contributed by atoms with E-state index in [9.17, 15) is 0 Å². The van der Waals surface area contributed by atoms with E-state index in [2.05, 4.69) is 25.1 Å². The topological polar surface area (TPSA) is 9.23 Å². The summed E-state index contributed by atoms with van der Waals surface area (Å²) in [6.45, 7) is 3.09. The average molecular weight is 248 g/mol. The highest BCUT2D eigenvalue weighted by Crippen LogP contribution is 2.35. The fraction of sp³-hybridized carbons (Fsp3) is 0.600. The Morgan fingerprint density at radius 1 is 1.24 bits per heavy atom. The smallest absolute Gasteiger partial charge is 0.146 e. The van der Waals surface area contributed by atoms with Gasteiger partial charge in [0, 0.05) is 0 Å². The van der Waals surface area contributed by atoms with Crippen molar-refractivity contribution in [2.75, 3.05) is 0 Å². The van der Waals surface area contributed by atoms with Gasteiger partial charge in [-0.3, -0.25) is 0 Å². The number of benzene rings is 1. The first-order chi connectivity index (χ1) is 8.36. The molecule has 0 spiro atoms. The molecule has 0 radical (unpaired) electrons. The second-order valence-electron chi connectivity index (χ2n) is 5.11. The Bertz CT molecular complexity index is 356. The molecule has 94 valence electrons. The van der Waals surface area contributed by atoms with Gasteiger partial charge in [0.05, 0.1) is 6.61 Å². The van der Waals surface area contributed by atoms with Crippen LogP contribution >= 0.6 is 0 Å². The van der Waals surface area contributed by atoms with Crippen LogP contribution in [0.5, 0.6) is 0 Å². The lowest BCUT2D eigenvalue weighted by Gasteiger charge is -2.25. The molecule has 0 unspecified atom stereocenters. The first kappa shape index (κ1) is 12.8. The third-order valence-electron chi connectivity index (χ3n) is 4.01. The Hall–Kier alpha value is -0.603. The van der Waals surface area contributed by atoms with E-state index in [0.29, 0.717) is 0 Å². The van der Waals surface area contributed by atoms with Crippen molar-refractivity contribution in [3.63, 3.8) is 0 Å². The molecule has 0 atom stereocenters. The molecular weight excluding hydrogens is 224 g/mol. The summed E-state index contributed by atoms with van der Waals surface area (Å²) in [7, 11) is 0.832. The number of rotatable bonds is 4. The number of hydrogen-bond donors (Lipinski definition) is 0. The van der Waals surface area contributed by atoms with Crippen LogP contribution in [0.25, 0.3) is 0 Å². The van der Waals surface area contributed by atoms with E-state index in [-0.39, 0.29) is 0 Å². The minimum atomic E-state index is 0.813. The van der Waals surface area contributed by atoms with Crippen molar-refractivity contribution in [3.8, 4) is 0 Å². The van der Waals surface area contributed by atoms with Crippen molar-refractivity contribution in [3.05, 3.63) is 34.9 Å². The Kier molecular flexibility index (Phi) is 4.81. The fourth-order valence-electron chi connectivity index (χ4n) is 3.17. The molecule has 1 saturated carbocycles. The SMILES string of the molecule is CCc1c(CO[SiH3])cccc1C1CCCCC1. The van der Waals surface area contributed by atoms with E-state index in [4.69, 9.17) is 4.43 Å². The molecule has 0 heterocycles. The standard InChI is InChI=1S/C15H24OSi/c1-2-14-13(11-16-17)9-6-10-15(14)12-7-4-3-5-8-12/h6,9-10,12H,2-5,7-8,11H2,1,17H3. The molecule has 1 nitrogen and oxygen atoms in total. The third kappa shape index (κ3) is 2.99. The highest BCUT2D eigenvalue weighted by molar-refractivity contribution is 5.97. The molecular formula is C15H24OSi. The van der Waals surface area contributed by atoms with E-state index in [1.807, 2.05) is 0 Å². The van der Waals surface area contributed by atoms with Crippen LogP contribution in [0.1, 0.15) is 61.6 Å². The molecule has 1 aliphatic rings. The van der Waals surface area contributed by atoms with Crippen LogP contribution in [-0.4, -0.2) is 10.5 Å². The molecule has 0 amide bonds. The van der Waals surface area contributed by atoms with E-state index < -0.39 is 0 Å². The van der Waals surface area contributed by atoms with E-state index >= 15 is 0 Å². The van der Waals surface area contributed by atoms with Crippen LogP contribution in [0.3, 0.4) is 0 Å². The molecule has 2 heteroatoms. The van der Waals surface area contributed by atoms with Crippen LogP contribution in [0.2, 0.25) is 0 Å². The second-order valence-corrected chi connectivity index (χ2v) is 5.68. The summed E-state index contributed by atoms with van der Waals surface area (Å²) in [5.74, 6) is 0.813. The summed E-state index contributed by atoms with van der Waals surface area (Å²) in [5.41, 5.74) is 4.60. The van der Waals surface area contributed by atoms with Gasteiger partial charge < -0.3 is 4.43 Å². The molecule has 0 aromatic heterocycles. The first-order valence-electron chi connectivity index (χ1n) is 6.96. The fourth-order valence-corrected chi connectivity index (χ4v) is 3.48. The van der Waals surface area contributed by atoms with E-state index in [1.54, 1.807) is 11.1 Å². The maximum atomic E-state index is 5.45. The molecule has 1 fully saturated rings. The maximum Gasteiger partial charge on any atom is 0.146 e. The summed E-state index contributed by atoms with van der Waals surface area (Å²) in [4.78, 5) is 0. The lowest BCUT2D eigenvalue weighted by Crippen LogP contribution is -2.09. The van der Waals surface area contributed by atoms with E-state index in [1.165, 1.54) is 37.7 Å². The molecule has 0 N–H and O–H groups in total. The lowest BCUT2D eigenvalue weighted by molar-refractivity contribution is 0.336. The van der Waals surface area contributed by atoms with Crippen LogP contribution < -0.4 is 0 Å². The normalized spacial score (nSPS) is 17.5. The summed E-state index contributed by atoms with van der Waals surface area (Å²) >= 11 is 0. The maximum absolute atomic E-state index is 5.45. The van der Waals surface area contributed by atoms with Crippen LogP contribution in [0.4, 0.5) is 0 Å². The van der Waals surface area contributed by atoms with Gasteiger partial charge in [0.1, 0.15) is 10.5 Å². The molecule has 0 aliphatic heterocycles. The summed E-state index contributed by atoms with van der Waals surface area (Å²) < 4.78 is 5.45. The zero-order valence-electron chi connectivity index (χ0n) is 11.2. The molecule has 1 aromatic rings. The largest absolute Gasteiger partial charge is 0.424 e. The van der Waals surface area contributed by atoms with Gasteiger partial charge >= 0.3 is 0 Å². The van der Waals surface area contributed by atoms with Crippen molar-refractivity contribution < 1.29 is 4.43 Å². The van der Waals surface area contributed by atoms with Crippen molar-refractivity contribution >= 4 is 10.5 Å². The Morgan fingerprint density at radius 3 is 2.65 bits per heavy atom. The van der Waals surface area contributed by atoms with Crippen molar-refractivity contribution in [1.29, 1.82) is 0 Å². The lowest BCUT2D eigenvalue weighted by atomic mass is 9.80. The molecule has 0 saturated heterocycles. The third-order valence-corrected chi connectivity index (χ3v) is 4.30. The molecule has 17 heavy (non-hydrogen) atoms. The minimum Gasteiger partial charge on any atom is -0.424 e. The summed E-state index contributed by atoms with van der Waals surface area (Å²) in [6.07, 6.45) is 8.18. The predicted octanol–water partition coefficient (Wildman–Crippen LogP) is 3.09. The number of hydrogen-bond acceptors (Lipinski definition) is 1. The van der Waals surface area contributed by atoms with Gasteiger partial charge in [-0.05, 0) is 41.9 Å². The molecule has 1 aromatic carbocycles. The van der Waals surface area contributed by atoms with E-state index in [0.717, 1.165) is 29.4 Å². The molecule has 2 rings (SSSR count). The van der Waals surface area contributed by atoms with Crippen molar-refractivity contribution in [2.24, 2.45) is 0 Å².